The topological polar surface area (TPSA) is 87.3 Å². The molecule has 2 aromatic rings. The number of hydrogen-bond donors (Lipinski definition) is 3. The van der Waals surface area contributed by atoms with Crippen LogP contribution in [0.3, 0.4) is 0 Å². The van der Waals surface area contributed by atoms with E-state index >= 15 is 0 Å². The van der Waals surface area contributed by atoms with Gasteiger partial charge >= 0.3 is 0 Å². The van der Waals surface area contributed by atoms with Crippen molar-refractivity contribution in [3.05, 3.63) is 52.0 Å². The summed E-state index contributed by atoms with van der Waals surface area (Å²) in [5, 5.41) is 8.48. The molecule has 0 spiro atoms. The molecule has 1 aliphatic rings. The van der Waals surface area contributed by atoms with Crippen LogP contribution in [0.25, 0.3) is 0 Å². The SMILES string of the molecule is Cc1c(Cl)cccc1NC(=O)CNC(=O)C[C@H]1Sc2ccc(Cl)cc2NC1=O. The van der Waals surface area contributed by atoms with Crippen LogP contribution < -0.4 is 16.0 Å². The van der Waals surface area contributed by atoms with Crippen molar-refractivity contribution in [3.63, 3.8) is 0 Å². The third kappa shape index (κ3) is 4.98. The lowest BCUT2D eigenvalue weighted by Gasteiger charge is -2.23. The quantitative estimate of drug-likeness (QED) is 0.662. The standard InChI is InChI=1S/C19H17Cl2N3O3S/c1-10-12(21)3-2-4-13(10)23-18(26)9-22-17(25)8-16-19(27)24-14-7-11(20)5-6-15(14)28-16/h2-7,16H,8-9H2,1H3,(H,22,25)(H,23,26)(H,24,27)/t16-/m1/s1. The van der Waals surface area contributed by atoms with Crippen LogP contribution >= 0.6 is 35.0 Å². The first-order valence-corrected chi connectivity index (χ1v) is 10.1. The fraction of sp³-hybridized carbons (Fsp3) is 0.211. The maximum absolute atomic E-state index is 12.2. The molecule has 2 aromatic carbocycles. The monoisotopic (exact) mass is 437 g/mol. The summed E-state index contributed by atoms with van der Waals surface area (Å²) in [6.07, 6.45) is -0.0396. The summed E-state index contributed by atoms with van der Waals surface area (Å²) in [5.41, 5.74) is 1.97. The number of benzene rings is 2. The molecule has 28 heavy (non-hydrogen) atoms. The van der Waals surface area contributed by atoms with Crippen molar-refractivity contribution >= 4 is 64.1 Å². The average Bonchev–Trinajstić information content (AvgIpc) is 2.64. The Labute approximate surface area is 176 Å². The second-order valence-corrected chi connectivity index (χ2v) is 8.27. The van der Waals surface area contributed by atoms with Gasteiger partial charge in [-0.05, 0) is 42.8 Å². The first-order valence-electron chi connectivity index (χ1n) is 8.42. The Morgan fingerprint density at radius 3 is 2.75 bits per heavy atom. The molecule has 3 amide bonds. The average molecular weight is 438 g/mol. The van der Waals surface area contributed by atoms with E-state index in [2.05, 4.69) is 16.0 Å². The molecular weight excluding hydrogens is 421 g/mol. The lowest BCUT2D eigenvalue weighted by Crippen LogP contribution is -2.38. The van der Waals surface area contributed by atoms with Crippen molar-refractivity contribution in [1.82, 2.24) is 5.32 Å². The van der Waals surface area contributed by atoms with E-state index in [0.717, 1.165) is 10.5 Å². The number of rotatable bonds is 5. The molecule has 0 saturated heterocycles. The van der Waals surface area contributed by atoms with Crippen molar-refractivity contribution < 1.29 is 14.4 Å². The lowest BCUT2D eigenvalue weighted by molar-refractivity contribution is -0.125. The van der Waals surface area contributed by atoms with E-state index in [9.17, 15) is 14.4 Å². The van der Waals surface area contributed by atoms with Crippen molar-refractivity contribution in [2.45, 2.75) is 23.5 Å². The summed E-state index contributed by atoms with van der Waals surface area (Å²) in [5.74, 6) is -1.03. The molecule has 9 heteroatoms. The molecule has 0 fully saturated rings. The molecule has 0 radical (unpaired) electrons. The Balaban J connectivity index is 1.51. The molecule has 0 saturated carbocycles. The fourth-order valence-corrected chi connectivity index (χ4v) is 4.05. The first-order chi connectivity index (χ1) is 13.3. The number of carbonyl (C=O) groups excluding carboxylic acids is 3. The summed E-state index contributed by atoms with van der Waals surface area (Å²) >= 11 is 13.2. The normalized spacial score (nSPS) is 15.4. The van der Waals surface area contributed by atoms with Gasteiger partial charge in [0.25, 0.3) is 0 Å². The van der Waals surface area contributed by atoms with Crippen LogP contribution in [0.1, 0.15) is 12.0 Å². The second kappa shape index (κ2) is 8.86. The number of halogens is 2. The van der Waals surface area contributed by atoms with E-state index in [1.807, 2.05) is 0 Å². The largest absolute Gasteiger partial charge is 0.347 e. The van der Waals surface area contributed by atoms with E-state index in [4.69, 9.17) is 23.2 Å². The van der Waals surface area contributed by atoms with Crippen LogP contribution in [0.4, 0.5) is 11.4 Å². The molecule has 1 atom stereocenters. The Hall–Kier alpha value is -2.22. The van der Waals surface area contributed by atoms with Crippen LogP contribution in [0.15, 0.2) is 41.3 Å². The van der Waals surface area contributed by atoms with Crippen LogP contribution in [0, 0.1) is 6.92 Å². The number of thioether (sulfide) groups is 1. The maximum Gasteiger partial charge on any atom is 0.243 e. The molecule has 146 valence electrons. The molecule has 0 bridgehead atoms. The smallest absolute Gasteiger partial charge is 0.243 e. The third-order valence-electron chi connectivity index (χ3n) is 4.12. The van der Waals surface area contributed by atoms with Crippen LogP contribution in [-0.4, -0.2) is 29.5 Å². The molecular formula is C19H17Cl2N3O3S. The number of nitrogens with one attached hydrogen (secondary N) is 3. The summed E-state index contributed by atoms with van der Waals surface area (Å²) < 4.78 is 0. The van der Waals surface area contributed by atoms with Gasteiger partial charge < -0.3 is 16.0 Å². The van der Waals surface area contributed by atoms with Gasteiger partial charge in [0.2, 0.25) is 17.7 Å². The van der Waals surface area contributed by atoms with E-state index in [1.54, 1.807) is 43.3 Å². The number of carbonyl (C=O) groups is 3. The zero-order valence-electron chi connectivity index (χ0n) is 14.8. The van der Waals surface area contributed by atoms with Crippen molar-refractivity contribution in [2.24, 2.45) is 0 Å². The molecule has 3 N–H and O–H groups in total. The Morgan fingerprint density at radius 2 is 1.96 bits per heavy atom. The van der Waals surface area contributed by atoms with Gasteiger partial charge in [0.15, 0.2) is 0 Å². The van der Waals surface area contributed by atoms with Gasteiger partial charge in [-0.1, -0.05) is 29.3 Å². The van der Waals surface area contributed by atoms with E-state index in [1.165, 1.54) is 11.8 Å². The highest BCUT2D eigenvalue weighted by Gasteiger charge is 2.29. The number of fused-ring (bicyclic) bond motifs is 1. The minimum Gasteiger partial charge on any atom is -0.347 e. The van der Waals surface area contributed by atoms with Crippen LogP contribution in [0.2, 0.25) is 10.0 Å². The summed E-state index contributed by atoms with van der Waals surface area (Å²) in [6.45, 7) is 1.59. The van der Waals surface area contributed by atoms with Gasteiger partial charge in [-0.25, -0.2) is 0 Å². The van der Waals surface area contributed by atoms with Crippen molar-refractivity contribution in [1.29, 1.82) is 0 Å². The first kappa shape index (κ1) is 20.5. The Morgan fingerprint density at radius 1 is 1.18 bits per heavy atom. The minimum atomic E-state index is -0.577. The number of anilines is 2. The van der Waals surface area contributed by atoms with Crippen LogP contribution in [-0.2, 0) is 14.4 Å². The molecule has 6 nitrogen and oxygen atoms in total. The fourth-order valence-electron chi connectivity index (χ4n) is 2.61. The summed E-state index contributed by atoms with van der Waals surface area (Å²) in [6, 6.07) is 10.4. The van der Waals surface area contributed by atoms with E-state index < -0.39 is 5.25 Å². The van der Waals surface area contributed by atoms with Gasteiger partial charge in [0.1, 0.15) is 0 Å². The predicted octanol–water partition coefficient (Wildman–Crippen LogP) is 3.86. The molecule has 0 aliphatic carbocycles. The number of amides is 3. The predicted molar refractivity (Wildman–Crippen MR) is 112 cm³/mol. The zero-order chi connectivity index (χ0) is 20.3. The molecule has 1 heterocycles. The molecule has 0 aromatic heterocycles. The van der Waals surface area contributed by atoms with Crippen molar-refractivity contribution in [3.8, 4) is 0 Å². The van der Waals surface area contributed by atoms with Gasteiger partial charge in [0.05, 0.1) is 17.5 Å². The summed E-state index contributed by atoms with van der Waals surface area (Å²) in [4.78, 5) is 37.3. The van der Waals surface area contributed by atoms with E-state index in [-0.39, 0.29) is 30.7 Å². The highest BCUT2D eigenvalue weighted by Crippen LogP contribution is 2.38. The van der Waals surface area contributed by atoms with Gasteiger partial charge in [0, 0.05) is 27.0 Å². The molecule has 1 aliphatic heterocycles. The molecule has 3 rings (SSSR count). The highest BCUT2D eigenvalue weighted by atomic mass is 35.5. The Bertz CT molecular complexity index is 952. The van der Waals surface area contributed by atoms with E-state index in [0.29, 0.717) is 21.4 Å². The lowest BCUT2D eigenvalue weighted by atomic mass is 10.2. The van der Waals surface area contributed by atoms with Gasteiger partial charge in [-0.15, -0.1) is 11.8 Å². The van der Waals surface area contributed by atoms with Crippen molar-refractivity contribution in [2.75, 3.05) is 17.2 Å². The maximum atomic E-state index is 12.2. The van der Waals surface area contributed by atoms with Crippen LogP contribution in [0.5, 0.6) is 0 Å². The molecule has 0 unspecified atom stereocenters. The zero-order valence-corrected chi connectivity index (χ0v) is 17.2. The third-order valence-corrected chi connectivity index (χ3v) is 6.04. The van der Waals surface area contributed by atoms with Gasteiger partial charge in [-0.2, -0.15) is 0 Å². The minimum absolute atomic E-state index is 0.0396. The van der Waals surface area contributed by atoms with Gasteiger partial charge in [-0.3, -0.25) is 14.4 Å². The number of hydrogen-bond acceptors (Lipinski definition) is 4. The highest BCUT2D eigenvalue weighted by molar-refractivity contribution is 8.01. The summed E-state index contributed by atoms with van der Waals surface area (Å²) in [7, 11) is 0. The Kier molecular flexibility index (Phi) is 6.49. The second-order valence-electron chi connectivity index (χ2n) is 6.18.